The van der Waals surface area contributed by atoms with Gasteiger partial charge in [0.15, 0.2) is 11.5 Å². The number of anilines is 2. The summed E-state index contributed by atoms with van der Waals surface area (Å²) < 4.78 is 5.16. The minimum atomic E-state index is -1.57. The molecular formula is C19H16N4O7S. The van der Waals surface area contributed by atoms with E-state index < -0.39 is 29.1 Å². The van der Waals surface area contributed by atoms with Crippen molar-refractivity contribution in [2.45, 2.75) is 13.5 Å². The van der Waals surface area contributed by atoms with Crippen molar-refractivity contribution in [3.05, 3.63) is 57.3 Å². The van der Waals surface area contributed by atoms with E-state index in [2.05, 4.69) is 20.6 Å². The Morgan fingerprint density at radius 2 is 1.87 bits per heavy atom. The lowest BCUT2D eigenvalue weighted by molar-refractivity contribution is -0.114. The number of aromatic carboxylic acids is 1. The van der Waals surface area contributed by atoms with Gasteiger partial charge in [-0.2, -0.15) is 0 Å². The predicted molar refractivity (Wildman–Crippen MR) is 111 cm³/mol. The molecule has 160 valence electrons. The number of hydrogen-bond donors (Lipinski definition) is 5. The Labute approximate surface area is 178 Å². The second-order valence-electron chi connectivity index (χ2n) is 6.16. The number of H-pyrrole nitrogens is 1. The van der Waals surface area contributed by atoms with Gasteiger partial charge in [0, 0.05) is 12.6 Å². The quantitative estimate of drug-likeness (QED) is 0.386. The number of carboxylic acids is 1. The third-order valence-electron chi connectivity index (χ3n) is 3.86. The third-order valence-corrected chi connectivity index (χ3v) is 4.78. The number of carboxylic acid groups (broad SMARTS) is 1. The average Bonchev–Trinajstić information content (AvgIpc) is 3.16. The van der Waals surface area contributed by atoms with Crippen LogP contribution in [0.2, 0.25) is 0 Å². The van der Waals surface area contributed by atoms with Gasteiger partial charge in [-0.15, -0.1) is 11.3 Å². The Morgan fingerprint density at radius 3 is 2.52 bits per heavy atom. The molecule has 1 aromatic carbocycles. The first-order valence-electron chi connectivity index (χ1n) is 8.69. The van der Waals surface area contributed by atoms with Crippen molar-refractivity contribution < 1.29 is 29.3 Å². The normalized spacial score (nSPS) is 10.4. The van der Waals surface area contributed by atoms with Gasteiger partial charge in [-0.25, -0.2) is 14.6 Å². The number of hydrogen-bond acceptors (Lipinski definition) is 8. The third kappa shape index (κ3) is 5.25. The summed E-state index contributed by atoms with van der Waals surface area (Å²) in [6.07, 6.45) is -0.787. The lowest BCUT2D eigenvalue weighted by Crippen LogP contribution is -2.16. The maximum atomic E-state index is 12.2. The molecule has 0 atom stereocenters. The molecule has 3 rings (SSSR count). The van der Waals surface area contributed by atoms with Crippen molar-refractivity contribution in [2.24, 2.45) is 0 Å². The molecule has 31 heavy (non-hydrogen) atoms. The van der Waals surface area contributed by atoms with Gasteiger partial charge in [0.05, 0.1) is 10.6 Å². The topological polar surface area (TPSA) is 171 Å². The Bertz CT molecular complexity index is 1200. The molecule has 3 aromatic rings. The molecule has 5 N–H and O–H groups in total. The standard InChI is InChI=1S/C19H16N4O7S/c1-9(24)20-11-4-2-10(3-5-11)8-30-19(29)21-12-6-7-31-15(12)16-22-13(18(27)28)14(25)17(26)23-16/h2-7,25H,8H2,1H3,(H,20,24)(H,21,29)(H,27,28)(H,22,23,26). The SMILES string of the molecule is CC(=O)Nc1ccc(COC(=O)Nc2ccsc2-c2nc(C(=O)O)c(O)c(=O)[nH]2)cc1. The number of aromatic hydroxyl groups is 1. The molecule has 0 unspecified atom stereocenters. The summed E-state index contributed by atoms with van der Waals surface area (Å²) in [4.78, 5) is 52.5. The molecule has 0 bridgehead atoms. The first-order chi connectivity index (χ1) is 14.7. The van der Waals surface area contributed by atoms with Crippen LogP contribution in [0.3, 0.4) is 0 Å². The molecule has 0 spiro atoms. The van der Waals surface area contributed by atoms with E-state index in [-0.39, 0.29) is 28.9 Å². The fourth-order valence-electron chi connectivity index (χ4n) is 2.50. The Morgan fingerprint density at radius 1 is 1.16 bits per heavy atom. The molecule has 2 amide bonds. The number of amides is 2. The fraction of sp³-hybridized carbons (Fsp3) is 0.105. The number of carbonyl (C=O) groups excluding carboxylic acids is 2. The van der Waals surface area contributed by atoms with Gasteiger partial charge >= 0.3 is 12.1 Å². The largest absolute Gasteiger partial charge is 0.501 e. The summed E-state index contributed by atoms with van der Waals surface area (Å²) in [5, 5.41) is 25.4. The Balaban J connectivity index is 1.69. The summed E-state index contributed by atoms with van der Waals surface area (Å²) >= 11 is 1.09. The molecule has 11 nitrogen and oxygen atoms in total. The molecule has 2 aromatic heterocycles. The van der Waals surface area contributed by atoms with Gasteiger partial charge in [0.25, 0.3) is 5.56 Å². The molecular weight excluding hydrogens is 428 g/mol. The number of nitrogens with zero attached hydrogens (tertiary/aromatic N) is 1. The van der Waals surface area contributed by atoms with E-state index >= 15 is 0 Å². The number of ether oxygens (including phenoxy) is 1. The van der Waals surface area contributed by atoms with Crippen molar-refractivity contribution in [3.63, 3.8) is 0 Å². The van der Waals surface area contributed by atoms with Crippen molar-refractivity contribution in [3.8, 4) is 16.5 Å². The molecule has 0 aliphatic carbocycles. The van der Waals surface area contributed by atoms with Crippen LogP contribution < -0.4 is 16.2 Å². The summed E-state index contributed by atoms with van der Waals surface area (Å²) in [6, 6.07) is 8.24. The van der Waals surface area contributed by atoms with E-state index in [4.69, 9.17) is 9.84 Å². The van der Waals surface area contributed by atoms with Crippen molar-refractivity contribution in [1.29, 1.82) is 0 Å². The van der Waals surface area contributed by atoms with Gasteiger partial charge < -0.3 is 25.3 Å². The van der Waals surface area contributed by atoms with Crippen LogP contribution in [0.25, 0.3) is 10.7 Å². The first kappa shape index (κ1) is 21.5. The zero-order chi connectivity index (χ0) is 22.5. The number of rotatable bonds is 6. The lowest BCUT2D eigenvalue weighted by Gasteiger charge is -2.09. The van der Waals surface area contributed by atoms with Gasteiger partial charge in [-0.1, -0.05) is 12.1 Å². The highest BCUT2D eigenvalue weighted by Gasteiger charge is 2.20. The summed E-state index contributed by atoms with van der Waals surface area (Å²) in [6.45, 7) is 1.36. The van der Waals surface area contributed by atoms with Crippen molar-refractivity contribution >= 4 is 40.7 Å². The van der Waals surface area contributed by atoms with Crippen LogP contribution in [-0.4, -0.2) is 38.2 Å². The summed E-state index contributed by atoms with van der Waals surface area (Å²) in [5.41, 5.74) is -0.290. The zero-order valence-corrected chi connectivity index (χ0v) is 16.8. The van der Waals surface area contributed by atoms with Crippen molar-refractivity contribution in [2.75, 3.05) is 10.6 Å². The zero-order valence-electron chi connectivity index (χ0n) is 16.0. The van der Waals surface area contributed by atoms with E-state index in [1.165, 1.54) is 13.0 Å². The molecule has 0 saturated carbocycles. The molecule has 2 heterocycles. The molecule has 0 saturated heterocycles. The van der Waals surface area contributed by atoms with E-state index in [9.17, 15) is 24.3 Å². The van der Waals surface area contributed by atoms with Crippen LogP contribution in [0.4, 0.5) is 16.2 Å². The predicted octanol–water partition coefficient (Wildman–Crippen LogP) is 2.61. The smallest absolute Gasteiger partial charge is 0.412 e. The van der Waals surface area contributed by atoms with Crippen LogP contribution >= 0.6 is 11.3 Å². The average molecular weight is 444 g/mol. The fourth-order valence-corrected chi connectivity index (χ4v) is 3.29. The van der Waals surface area contributed by atoms with Gasteiger partial charge in [-0.3, -0.25) is 14.9 Å². The maximum absolute atomic E-state index is 12.2. The minimum absolute atomic E-state index is 0.0386. The molecule has 0 aliphatic rings. The number of thiophene rings is 1. The number of nitrogens with one attached hydrogen (secondary N) is 3. The number of aromatic amines is 1. The van der Waals surface area contributed by atoms with Crippen LogP contribution in [0, 0.1) is 0 Å². The van der Waals surface area contributed by atoms with Crippen LogP contribution in [-0.2, 0) is 16.1 Å². The van der Waals surface area contributed by atoms with Crippen LogP contribution in [0.1, 0.15) is 23.0 Å². The van der Waals surface area contributed by atoms with Crippen LogP contribution in [0.15, 0.2) is 40.5 Å². The maximum Gasteiger partial charge on any atom is 0.412 e. The van der Waals surface area contributed by atoms with Gasteiger partial charge in [-0.05, 0) is 29.1 Å². The minimum Gasteiger partial charge on any atom is -0.501 e. The number of carbonyl (C=O) groups is 3. The molecule has 0 aliphatic heterocycles. The Hall–Kier alpha value is -4.19. The second kappa shape index (κ2) is 9.09. The summed E-state index contributed by atoms with van der Waals surface area (Å²) in [5.74, 6) is -2.90. The number of aromatic nitrogens is 2. The summed E-state index contributed by atoms with van der Waals surface area (Å²) in [7, 11) is 0. The van der Waals surface area contributed by atoms with E-state index in [0.717, 1.165) is 11.3 Å². The highest BCUT2D eigenvalue weighted by molar-refractivity contribution is 7.14. The second-order valence-corrected chi connectivity index (χ2v) is 7.08. The van der Waals surface area contributed by atoms with Crippen LogP contribution in [0.5, 0.6) is 5.75 Å². The van der Waals surface area contributed by atoms with Gasteiger partial charge in [0.1, 0.15) is 6.61 Å². The highest BCUT2D eigenvalue weighted by Crippen LogP contribution is 2.31. The van der Waals surface area contributed by atoms with Crippen molar-refractivity contribution in [1.82, 2.24) is 9.97 Å². The molecule has 12 heteroatoms. The van der Waals surface area contributed by atoms with E-state index in [1.54, 1.807) is 29.6 Å². The Kier molecular flexibility index (Phi) is 6.31. The molecule has 0 fully saturated rings. The lowest BCUT2D eigenvalue weighted by atomic mass is 10.2. The number of benzene rings is 1. The van der Waals surface area contributed by atoms with Gasteiger partial charge in [0.2, 0.25) is 11.7 Å². The monoisotopic (exact) mass is 444 g/mol. The molecule has 0 radical (unpaired) electrons. The first-order valence-corrected chi connectivity index (χ1v) is 9.57. The highest BCUT2D eigenvalue weighted by atomic mass is 32.1. The van der Waals surface area contributed by atoms with E-state index in [0.29, 0.717) is 11.3 Å². The van der Waals surface area contributed by atoms with E-state index in [1.807, 2.05) is 0 Å².